The average molecular weight is 560 g/mol. The number of hydrogen-bond acceptors (Lipinski definition) is 5. The summed E-state index contributed by atoms with van der Waals surface area (Å²) in [6.45, 7) is 8.21. The van der Waals surface area contributed by atoms with Gasteiger partial charge in [-0.25, -0.2) is 9.18 Å². The lowest BCUT2D eigenvalue weighted by Crippen LogP contribution is -2.33. The van der Waals surface area contributed by atoms with Crippen LogP contribution in [0.5, 0.6) is 11.5 Å². The number of aromatic nitrogens is 1. The average Bonchev–Trinajstić information content (AvgIpc) is 2.93. The number of hydrogen-bond donors (Lipinski definition) is 1. The Hall–Kier alpha value is -4.17. The predicted molar refractivity (Wildman–Crippen MR) is 155 cm³/mol. The number of halogens is 1. The normalized spacial score (nSPS) is 13.9. The smallest absolute Gasteiger partial charge is 0.339 e. The number of ether oxygens (including phenoxy) is 3. The molecule has 1 unspecified atom stereocenters. The molecule has 0 bridgehead atoms. The minimum atomic E-state index is -1.40. The topological polar surface area (TPSA) is 87.0 Å². The quantitative estimate of drug-likeness (QED) is 0.278. The Kier molecular flexibility index (Phi) is 7.62. The molecule has 1 aromatic heterocycles. The molecule has 2 heterocycles. The zero-order valence-corrected chi connectivity index (χ0v) is 23.9. The van der Waals surface area contributed by atoms with Gasteiger partial charge in [0.2, 0.25) is 0 Å². The highest BCUT2D eigenvalue weighted by Crippen LogP contribution is 2.42. The Balaban J connectivity index is 1.73. The van der Waals surface area contributed by atoms with Crippen molar-refractivity contribution in [2.75, 3.05) is 6.61 Å². The van der Waals surface area contributed by atoms with Crippen LogP contribution in [-0.4, -0.2) is 27.9 Å². The van der Waals surface area contributed by atoms with Gasteiger partial charge in [0, 0.05) is 12.6 Å². The van der Waals surface area contributed by atoms with Gasteiger partial charge in [0.25, 0.3) is 5.56 Å². The maximum absolute atomic E-state index is 13.8. The van der Waals surface area contributed by atoms with Crippen LogP contribution in [0.2, 0.25) is 0 Å². The first-order valence-electron chi connectivity index (χ1n) is 13.6. The van der Waals surface area contributed by atoms with Crippen molar-refractivity contribution in [2.45, 2.75) is 58.8 Å². The first kappa shape index (κ1) is 28.4. The van der Waals surface area contributed by atoms with E-state index in [2.05, 4.69) is 0 Å². The minimum absolute atomic E-state index is 0.196. The van der Waals surface area contributed by atoms with Crippen LogP contribution in [0.15, 0.2) is 59.4 Å². The monoisotopic (exact) mass is 559 g/mol. The van der Waals surface area contributed by atoms with Crippen molar-refractivity contribution in [3.8, 4) is 22.6 Å². The molecule has 0 aliphatic carbocycles. The molecule has 3 aromatic carbocycles. The van der Waals surface area contributed by atoms with E-state index < -0.39 is 17.7 Å². The SMILES string of the molecule is Cc1c(-c2c(C(OC(C)(C)C)C(=O)O)n(C)c(=O)c3cc(OCc4ccc(F)cc4)ccc23)ccc2c1CCCO2. The Bertz CT molecular complexity index is 1680. The molecule has 1 atom stereocenters. The molecule has 0 radical (unpaired) electrons. The van der Waals surface area contributed by atoms with E-state index in [4.69, 9.17) is 14.2 Å². The van der Waals surface area contributed by atoms with Crippen LogP contribution in [0.3, 0.4) is 0 Å². The van der Waals surface area contributed by atoms with Crippen molar-refractivity contribution in [1.82, 2.24) is 4.57 Å². The van der Waals surface area contributed by atoms with E-state index in [1.54, 1.807) is 58.2 Å². The molecule has 5 rings (SSSR count). The largest absolute Gasteiger partial charge is 0.493 e. The first-order valence-corrected chi connectivity index (χ1v) is 13.6. The summed E-state index contributed by atoms with van der Waals surface area (Å²) in [7, 11) is 1.57. The third kappa shape index (κ3) is 5.70. The Labute approximate surface area is 238 Å². The van der Waals surface area contributed by atoms with Gasteiger partial charge in [0.15, 0.2) is 6.10 Å². The summed E-state index contributed by atoms with van der Waals surface area (Å²) >= 11 is 0. The number of aliphatic carboxylic acids is 1. The summed E-state index contributed by atoms with van der Waals surface area (Å²) in [6.07, 6.45) is 0.335. The fourth-order valence-electron chi connectivity index (χ4n) is 5.40. The van der Waals surface area contributed by atoms with Gasteiger partial charge in [-0.3, -0.25) is 4.79 Å². The van der Waals surface area contributed by atoms with Crippen LogP contribution < -0.4 is 15.0 Å². The molecule has 8 heteroatoms. The van der Waals surface area contributed by atoms with Crippen LogP contribution in [0.1, 0.15) is 55.7 Å². The van der Waals surface area contributed by atoms with Crippen LogP contribution >= 0.6 is 0 Å². The summed E-state index contributed by atoms with van der Waals surface area (Å²) < 4.78 is 32.6. The Morgan fingerprint density at radius 1 is 1.10 bits per heavy atom. The molecule has 0 saturated heterocycles. The first-order chi connectivity index (χ1) is 19.4. The summed E-state index contributed by atoms with van der Waals surface area (Å²) in [4.78, 5) is 26.5. The summed E-state index contributed by atoms with van der Waals surface area (Å²) in [6, 6.07) is 15.1. The van der Waals surface area contributed by atoms with Gasteiger partial charge in [-0.1, -0.05) is 18.2 Å². The van der Waals surface area contributed by atoms with E-state index in [0.29, 0.717) is 28.7 Å². The fraction of sp³-hybridized carbons (Fsp3) is 0.333. The Morgan fingerprint density at radius 3 is 2.51 bits per heavy atom. The van der Waals surface area contributed by atoms with Crippen molar-refractivity contribution in [3.05, 3.63) is 93.2 Å². The highest BCUT2D eigenvalue weighted by molar-refractivity contribution is 6.00. The van der Waals surface area contributed by atoms with Gasteiger partial charge >= 0.3 is 5.97 Å². The second-order valence-corrected chi connectivity index (χ2v) is 11.4. The molecule has 4 aromatic rings. The van der Waals surface area contributed by atoms with Crippen molar-refractivity contribution in [1.29, 1.82) is 0 Å². The Morgan fingerprint density at radius 2 is 1.83 bits per heavy atom. The van der Waals surface area contributed by atoms with Crippen molar-refractivity contribution < 1.29 is 28.5 Å². The molecule has 7 nitrogen and oxygen atoms in total. The van der Waals surface area contributed by atoms with E-state index in [-0.39, 0.29) is 23.7 Å². The molecule has 0 fully saturated rings. The number of carbonyl (C=O) groups is 1. The maximum atomic E-state index is 13.8. The molecule has 0 amide bonds. The fourth-order valence-corrected chi connectivity index (χ4v) is 5.40. The number of rotatable bonds is 7. The standard InChI is InChI=1S/C33H34FNO6/c1-19-23-7-6-16-39-27(23)15-14-24(19)28-25-13-12-22(40-18-20-8-10-21(34)11-9-20)17-26(25)31(36)35(5)29(28)30(32(37)38)41-33(2,3)4/h8-15,17,30H,6-7,16,18H2,1-5H3,(H,37,38). The van der Waals surface area contributed by atoms with Crippen LogP contribution in [0, 0.1) is 12.7 Å². The van der Waals surface area contributed by atoms with Crippen LogP contribution in [0.25, 0.3) is 21.9 Å². The van der Waals surface area contributed by atoms with E-state index in [0.717, 1.165) is 40.8 Å². The minimum Gasteiger partial charge on any atom is -0.493 e. The van der Waals surface area contributed by atoms with Crippen molar-refractivity contribution in [3.63, 3.8) is 0 Å². The number of nitrogens with zero attached hydrogens (tertiary/aromatic N) is 1. The second-order valence-electron chi connectivity index (χ2n) is 11.4. The van der Waals surface area contributed by atoms with E-state index in [1.807, 2.05) is 19.1 Å². The van der Waals surface area contributed by atoms with E-state index >= 15 is 0 Å². The van der Waals surface area contributed by atoms with Gasteiger partial charge in [0.1, 0.15) is 23.9 Å². The zero-order chi connectivity index (χ0) is 29.5. The lowest BCUT2D eigenvalue weighted by Gasteiger charge is -2.29. The molecule has 41 heavy (non-hydrogen) atoms. The summed E-state index contributed by atoms with van der Waals surface area (Å²) in [5.41, 5.74) is 3.37. The van der Waals surface area contributed by atoms with Gasteiger partial charge in [-0.2, -0.15) is 0 Å². The van der Waals surface area contributed by atoms with Crippen LogP contribution in [0.4, 0.5) is 4.39 Å². The number of pyridine rings is 1. The lowest BCUT2D eigenvalue weighted by atomic mass is 9.88. The van der Waals surface area contributed by atoms with E-state index in [9.17, 15) is 19.1 Å². The van der Waals surface area contributed by atoms with Gasteiger partial charge < -0.3 is 23.9 Å². The molecular weight excluding hydrogens is 525 g/mol. The highest BCUT2D eigenvalue weighted by atomic mass is 19.1. The van der Waals surface area contributed by atoms with E-state index in [1.165, 1.54) is 16.7 Å². The molecule has 1 aliphatic heterocycles. The molecule has 1 aliphatic rings. The molecule has 1 N–H and O–H groups in total. The summed E-state index contributed by atoms with van der Waals surface area (Å²) in [5, 5.41) is 11.3. The predicted octanol–water partition coefficient (Wildman–Crippen LogP) is 6.50. The molecule has 0 saturated carbocycles. The second kappa shape index (κ2) is 11.0. The van der Waals surface area contributed by atoms with Gasteiger partial charge in [-0.15, -0.1) is 0 Å². The van der Waals surface area contributed by atoms with Crippen LogP contribution in [-0.2, 0) is 29.6 Å². The van der Waals surface area contributed by atoms with Gasteiger partial charge in [-0.05, 0) is 105 Å². The van der Waals surface area contributed by atoms with Crippen molar-refractivity contribution >= 4 is 16.7 Å². The van der Waals surface area contributed by atoms with Crippen molar-refractivity contribution in [2.24, 2.45) is 7.05 Å². The molecule has 0 spiro atoms. The number of carboxylic acid groups (broad SMARTS) is 1. The summed E-state index contributed by atoms with van der Waals surface area (Å²) in [5.74, 6) is -0.224. The number of carboxylic acids is 1. The third-order valence-corrected chi connectivity index (χ3v) is 7.33. The maximum Gasteiger partial charge on any atom is 0.339 e. The molecule has 214 valence electrons. The number of benzene rings is 3. The zero-order valence-electron chi connectivity index (χ0n) is 23.9. The third-order valence-electron chi connectivity index (χ3n) is 7.33. The molecular formula is C33H34FNO6. The highest BCUT2D eigenvalue weighted by Gasteiger charge is 2.34. The van der Waals surface area contributed by atoms with Gasteiger partial charge in [0.05, 0.1) is 23.3 Å². The lowest BCUT2D eigenvalue weighted by molar-refractivity contribution is -0.161. The number of fused-ring (bicyclic) bond motifs is 2.